The Morgan fingerprint density at radius 1 is 1.14 bits per heavy atom. The van der Waals surface area contributed by atoms with Gasteiger partial charge < -0.3 is 9.47 Å². The molecule has 1 fully saturated rings. The van der Waals surface area contributed by atoms with Crippen molar-refractivity contribution >= 4 is 29.0 Å². The van der Waals surface area contributed by atoms with Crippen LogP contribution in [0.1, 0.15) is 18.1 Å². The number of amides is 2. The molecule has 3 rings (SSSR count). The van der Waals surface area contributed by atoms with Crippen molar-refractivity contribution in [3.05, 3.63) is 64.3 Å². The second kappa shape index (κ2) is 9.30. The van der Waals surface area contributed by atoms with E-state index in [9.17, 15) is 14.0 Å². The first-order valence-corrected chi connectivity index (χ1v) is 9.66. The number of thioether (sulfide) groups is 1. The number of carbonyl (C=O) groups is 2. The minimum atomic E-state index is -0.394. The molecule has 1 aliphatic rings. The van der Waals surface area contributed by atoms with Crippen LogP contribution in [0, 0.1) is 18.2 Å². The number of terminal acetylenes is 1. The fourth-order valence-electron chi connectivity index (χ4n) is 2.68. The van der Waals surface area contributed by atoms with Crippen molar-refractivity contribution in [3.8, 4) is 23.8 Å². The van der Waals surface area contributed by atoms with Crippen LogP contribution in [0.25, 0.3) is 6.08 Å². The molecule has 1 saturated heterocycles. The molecule has 148 valence electrons. The Morgan fingerprint density at radius 3 is 2.59 bits per heavy atom. The molecule has 0 aliphatic carbocycles. The number of benzene rings is 2. The van der Waals surface area contributed by atoms with Gasteiger partial charge in [-0.05, 0) is 60.2 Å². The number of ether oxygens (including phenoxy) is 2. The van der Waals surface area contributed by atoms with Gasteiger partial charge in [0.05, 0.1) is 18.1 Å². The van der Waals surface area contributed by atoms with E-state index in [0.717, 1.165) is 16.7 Å². The van der Waals surface area contributed by atoms with Crippen LogP contribution in [0.15, 0.2) is 47.4 Å². The van der Waals surface area contributed by atoms with Gasteiger partial charge in [-0.3, -0.25) is 14.5 Å². The van der Waals surface area contributed by atoms with Gasteiger partial charge in [-0.25, -0.2) is 4.39 Å². The summed E-state index contributed by atoms with van der Waals surface area (Å²) in [6.45, 7) is 2.48. The van der Waals surface area contributed by atoms with Crippen molar-refractivity contribution in [2.45, 2.75) is 13.5 Å². The summed E-state index contributed by atoms with van der Waals surface area (Å²) in [5.74, 6) is 2.64. The maximum atomic E-state index is 13.1. The summed E-state index contributed by atoms with van der Waals surface area (Å²) in [6, 6.07) is 10.9. The molecular weight excluding hydrogens is 393 g/mol. The number of rotatable bonds is 7. The molecule has 7 heteroatoms. The molecule has 0 aromatic heterocycles. The fourth-order valence-corrected chi connectivity index (χ4v) is 3.52. The van der Waals surface area contributed by atoms with Gasteiger partial charge in [-0.2, -0.15) is 0 Å². The van der Waals surface area contributed by atoms with Crippen molar-refractivity contribution in [2.75, 3.05) is 13.2 Å². The third kappa shape index (κ3) is 4.98. The number of halogens is 1. The van der Waals surface area contributed by atoms with Crippen molar-refractivity contribution in [1.29, 1.82) is 0 Å². The van der Waals surface area contributed by atoms with Gasteiger partial charge in [0.15, 0.2) is 11.5 Å². The maximum Gasteiger partial charge on any atom is 0.293 e. The SMILES string of the molecule is C#CCOc1ccc(C=C2SC(=O)N(Cc3ccc(F)cc3)C2=O)cc1OCC. The van der Waals surface area contributed by atoms with Gasteiger partial charge >= 0.3 is 0 Å². The molecule has 0 radical (unpaired) electrons. The molecule has 1 aliphatic heterocycles. The highest BCUT2D eigenvalue weighted by atomic mass is 32.2. The summed E-state index contributed by atoms with van der Waals surface area (Å²) >= 11 is 0.862. The smallest absolute Gasteiger partial charge is 0.293 e. The molecule has 0 atom stereocenters. The van der Waals surface area contributed by atoms with Crippen LogP contribution < -0.4 is 9.47 Å². The maximum absolute atomic E-state index is 13.1. The molecule has 29 heavy (non-hydrogen) atoms. The molecule has 0 N–H and O–H groups in total. The van der Waals surface area contributed by atoms with Gasteiger partial charge in [0.25, 0.3) is 11.1 Å². The number of hydrogen-bond donors (Lipinski definition) is 0. The molecule has 2 amide bonds. The number of nitrogens with zero attached hydrogens (tertiary/aromatic N) is 1. The van der Waals surface area contributed by atoms with Crippen LogP contribution in [-0.4, -0.2) is 29.3 Å². The lowest BCUT2D eigenvalue weighted by atomic mass is 10.1. The van der Waals surface area contributed by atoms with E-state index in [1.54, 1.807) is 36.4 Å². The average Bonchev–Trinajstić information content (AvgIpc) is 2.96. The zero-order valence-corrected chi connectivity index (χ0v) is 16.5. The Balaban J connectivity index is 1.80. The van der Waals surface area contributed by atoms with Crippen molar-refractivity contribution in [2.24, 2.45) is 0 Å². The highest BCUT2D eigenvalue weighted by molar-refractivity contribution is 8.18. The van der Waals surface area contributed by atoms with E-state index in [1.807, 2.05) is 6.92 Å². The van der Waals surface area contributed by atoms with Gasteiger partial charge in [-0.1, -0.05) is 24.1 Å². The van der Waals surface area contributed by atoms with E-state index in [1.165, 1.54) is 12.1 Å². The van der Waals surface area contributed by atoms with E-state index >= 15 is 0 Å². The van der Waals surface area contributed by atoms with E-state index in [4.69, 9.17) is 15.9 Å². The van der Waals surface area contributed by atoms with Gasteiger partial charge in [-0.15, -0.1) is 6.42 Å². The van der Waals surface area contributed by atoms with E-state index in [-0.39, 0.29) is 24.2 Å². The average molecular weight is 411 g/mol. The molecule has 1 heterocycles. The summed E-state index contributed by atoms with van der Waals surface area (Å²) in [6.07, 6.45) is 6.85. The Bertz CT molecular complexity index is 995. The summed E-state index contributed by atoms with van der Waals surface area (Å²) in [7, 11) is 0. The first kappa shape index (κ1) is 20.5. The number of imide groups is 1. The minimum Gasteiger partial charge on any atom is -0.490 e. The Labute approximate surface area is 172 Å². The predicted molar refractivity (Wildman–Crippen MR) is 110 cm³/mol. The van der Waals surface area contributed by atoms with Crippen LogP contribution in [0.4, 0.5) is 9.18 Å². The standard InChI is InChI=1S/C22H18FNO4S/c1-3-11-28-18-10-7-16(12-19(18)27-4-2)13-20-21(25)24(22(26)29-20)14-15-5-8-17(23)9-6-15/h1,5-10,12-13H,4,11,14H2,2H3. The van der Waals surface area contributed by atoms with Gasteiger partial charge in [0.1, 0.15) is 12.4 Å². The third-order valence-electron chi connectivity index (χ3n) is 4.00. The first-order chi connectivity index (χ1) is 14.0. The molecule has 2 aromatic carbocycles. The van der Waals surface area contributed by atoms with Crippen LogP contribution >= 0.6 is 11.8 Å². The van der Waals surface area contributed by atoms with Crippen molar-refractivity contribution in [1.82, 2.24) is 4.90 Å². The normalized spacial score (nSPS) is 14.9. The zero-order valence-electron chi connectivity index (χ0n) is 15.7. The van der Waals surface area contributed by atoms with E-state index in [2.05, 4.69) is 5.92 Å². The second-order valence-electron chi connectivity index (χ2n) is 6.03. The topological polar surface area (TPSA) is 55.8 Å². The molecule has 0 saturated carbocycles. The van der Waals surface area contributed by atoms with Gasteiger partial charge in [0.2, 0.25) is 0 Å². The lowest BCUT2D eigenvalue weighted by molar-refractivity contribution is -0.123. The Kier molecular flexibility index (Phi) is 6.57. The first-order valence-electron chi connectivity index (χ1n) is 8.84. The molecular formula is C22H18FNO4S. The monoisotopic (exact) mass is 411 g/mol. The highest BCUT2D eigenvalue weighted by Gasteiger charge is 2.35. The van der Waals surface area contributed by atoms with Crippen LogP contribution in [-0.2, 0) is 11.3 Å². The van der Waals surface area contributed by atoms with E-state index < -0.39 is 5.91 Å². The molecule has 2 aromatic rings. The number of carbonyl (C=O) groups excluding carboxylic acids is 2. The number of hydrogen-bond acceptors (Lipinski definition) is 5. The van der Waals surface area contributed by atoms with Gasteiger partial charge in [0, 0.05) is 0 Å². The van der Waals surface area contributed by atoms with Crippen LogP contribution in [0.3, 0.4) is 0 Å². The molecule has 5 nitrogen and oxygen atoms in total. The summed E-state index contributed by atoms with van der Waals surface area (Å²) < 4.78 is 24.1. The second-order valence-corrected chi connectivity index (χ2v) is 7.02. The lowest BCUT2D eigenvalue weighted by Gasteiger charge is -2.12. The Morgan fingerprint density at radius 2 is 1.90 bits per heavy atom. The minimum absolute atomic E-state index is 0.0886. The predicted octanol–water partition coefficient (Wildman–Crippen LogP) is 4.47. The molecule has 0 bridgehead atoms. The van der Waals surface area contributed by atoms with E-state index in [0.29, 0.717) is 34.1 Å². The summed E-state index contributed by atoms with van der Waals surface area (Å²) in [5.41, 5.74) is 1.36. The fraction of sp³-hybridized carbons (Fsp3) is 0.182. The molecule has 0 spiro atoms. The summed E-state index contributed by atoms with van der Waals surface area (Å²) in [5, 5.41) is -0.371. The Hall–Kier alpha value is -3.24. The quantitative estimate of drug-likeness (QED) is 0.497. The largest absolute Gasteiger partial charge is 0.490 e. The third-order valence-corrected chi connectivity index (χ3v) is 4.91. The summed E-state index contributed by atoms with van der Waals surface area (Å²) in [4.78, 5) is 26.4. The van der Waals surface area contributed by atoms with Crippen molar-refractivity contribution in [3.63, 3.8) is 0 Å². The van der Waals surface area contributed by atoms with Crippen LogP contribution in [0.5, 0.6) is 11.5 Å². The van der Waals surface area contributed by atoms with Crippen LogP contribution in [0.2, 0.25) is 0 Å². The van der Waals surface area contributed by atoms with Crippen molar-refractivity contribution < 1.29 is 23.5 Å². The lowest BCUT2D eigenvalue weighted by Crippen LogP contribution is -2.27. The molecule has 0 unspecified atom stereocenters. The highest BCUT2D eigenvalue weighted by Crippen LogP contribution is 2.35. The zero-order chi connectivity index (χ0) is 20.8.